The van der Waals surface area contributed by atoms with Gasteiger partial charge in [-0.15, -0.1) is 0 Å². The Bertz CT molecular complexity index is 837. The molecule has 1 aliphatic carbocycles. The Kier molecular flexibility index (Phi) is 3.54. The van der Waals surface area contributed by atoms with E-state index in [1.807, 2.05) is 0 Å². The van der Waals surface area contributed by atoms with E-state index in [4.69, 9.17) is 9.47 Å². The summed E-state index contributed by atoms with van der Waals surface area (Å²) in [6.45, 7) is -0.351. The Morgan fingerprint density at radius 2 is 1.61 bits per heavy atom. The van der Waals surface area contributed by atoms with E-state index in [0.717, 1.165) is 0 Å². The van der Waals surface area contributed by atoms with E-state index >= 15 is 0 Å². The molecule has 0 bridgehead atoms. The maximum absolute atomic E-state index is 12.8. The summed E-state index contributed by atoms with van der Waals surface area (Å²) in [5.74, 6) is -0.691. The Morgan fingerprint density at radius 3 is 2.22 bits per heavy atom. The van der Waals surface area contributed by atoms with Crippen molar-refractivity contribution in [2.45, 2.75) is 6.61 Å². The molecule has 0 saturated carbocycles. The largest absolute Gasteiger partial charge is 0.507 e. The van der Waals surface area contributed by atoms with Crippen molar-refractivity contribution in [1.29, 1.82) is 0 Å². The minimum absolute atomic E-state index is 0.0573. The van der Waals surface area contributed by atoms with Crippen LogP contribution in [0, 0.1) is 0 Å². The molecule has 0 atom stereocenters. The fraction of sp³-hybridized carbons (Fsp3) is 0.176. The lowest BCUT2D eigenvalue weighted by molar-refractivity contribution is 0.0973. The highest BCUT2D eigenvalue weighted by molar-refractivity contribution is 6.30. The molecule has 1 aliphatic rings. The summed E-state index contributed by atoms with van der Waals surface area (Å²) in [4.78, 5) is 25.5. The molecule has 3 rings (SSSR count). The van der Waals surface area contributed by atoms with Gasteiger partial charge >= 0.3 is 0 Å². The first-order valence-corrected chi connectivity index (χ1v) is 6.84. The van der Waals surface area contributed by atoms with Crippen molar-refractivity contribution in [3.63, 3.8) is 0 Å². The van der Waals surface area contributed by atoms with E-state index < -0.39 is 11.6 Å². The van der Waals surface area contributed by atoms with Gasteiger partial charge in [-0.25, -0.2) is 0 Å². The quantitative estimate of drug-likeness (QED) is 0.764. The second-order valence-electron chi connectivity index (χ2n) is 5.11. The van der Waals surface area contributed by atoms with Gasteiger partial charge in [-0.2, -0.15) is 0 Å². The lowest BCUT2D eigenvalue weighted by Crippen LogP contribution is -2.22. The first-order valence-electron chi connectivity index (χ1n) is 6.84. The van der Waals surface area contributed by atoms with Crippen LogP contribution in [0.2, 0.25) is 0 Å². The smallest absolute Gasteiger partial charge is 0.201 e. The second kappa shape index (κ2) is 5.40. The summed E-state index contributed by atoms with van der Waals surface area (Å²) < 4.78 is 10.3. The van der Waals surface area contributed by atoms with Crippen molar-refractivity contribution in [3.05, 3.63) is 52.1 Å². The lowest BCUT2D eigenvalue weighted by Gasteiger charge is -2.21. The first kappa shape index (κ1) is 15.1. The number of fused-ring (bicyclic) bond motifs is 2. The normalized spacial score (nSPS) is 12.7. The third-order valence-corrected chi connectivity index (χ3v) is 3.83. The number of aliphatic hydroxyl groups excluding tert-OH is 1. The average Bonchev–Trinajstić information content (AvgIpc) is 2.57. The number of benzene rings is 2. The summed E-state index contributed by atoms with van der Waals surface area (Å²) in [6.07, 6.45) is 0. The van der Waals surface area contributed by atoms with E-state index in [1.165, 1.54) is 38.5 Å². The third-order valence-electron chi connectivity index (χ3n) is 3.83. The third kappa shape index (κ3) is 2.15. The number of methoxy groups -OCH3 is 2. The Hall–Kier alpha value is -2.86. The molecule has 0 saturated heterocycles. The molecular formula is C17H14O6. The molecule has 0 fully saturated rings. The zero-order valence-electron chi connectivity index (χ0n) is 12.5. The van der Waals surface area contributed by atoms with Crippen LogP contribution < -0.4 is 9.47 Å². The highest BCUT2D eigenvalue weighted by atomic mass is 16.5. The predicted octanol–water partition coefficient (Wildman–Crippen LogP) is 1.68. The number of ether oxygens (including phenoxy) is 2. The van der Waals surface area contributed by atoms with Gasteiger partial charge in [-0.1, -0.05) is 0 Å². The SMILES string of the molecule is COc1cc(OC)c2c(c1)C(=O)c1cc(CO)cc(O)c1C2=O. The molecule has 0 spiro atoms. The molecule has 2 aromatic rings. The van der Waals surface area contributed by atoms with Gasteiger partial charge in [0.25, 0.3) is 0 Å². The number of rotatable bonds is 3. The van der Waals surface area contributed by atoms with E-state index in [0.29, 0.717) is 11.3 Å². The number of aliphatic hydroxyl groups is 1. The van der Waals surface area contributed by atoms with Gasteiger partial charge in [-0.05, 0) is 23.8 Å². The summed E-state index contributed by atoms with van der Waals surface area (Å²) >= 11 is 0. The van der Waals surface area contributed by atoms with Crippen LogP contribution >= 0.6 is 0 Å². The maximum Gasteiger partial charge on any atom is 0.201 e. The van der Waals surface area contributed by atoms with E-state index in [-0.39, 0.29) is 40.4 Å². The van der Waals surface area contributed by atoms with Crippen LogP contribution in [0.25, 0.3) is 0 Å². The first-order chi connectivity index (χ1) is 11.0. The number of ketones is 2. The van der Waals surface area contributed by atoms with Crippen molar-refractivity contribution in [2.24, 2.45) is 0 Å². The van der Waals surface area contributed by atoms with Crippen molar-refractivity contribution in [1.82, 2.24) is 0 Å². The molecule has 2 N–H and O–H groups in total. The molecule has 6 heteroatoms. The van der Waals surface area contributed by atoms with Gasteiger partial charge in [0.15, 0.2) is 5.78 Å². The molecule has 0 amide bonds. The summed E-state index contributed by atoms with van der Waals surface area (Å²) in [7, 11) is 2.83. The van der Waals surface area contributed by atoms with Crippen LogP contribution in [0.3, 0.4) is 0 Å². The molecule has 0 radical (unpaired) electrons. The number of phenolic OH excluding ortho intramolecular Hbond substituents is 1. The summed E-state index contributed by atoms with van der Waals surface area (Å²) in [5.41, 5.74) is 0.566. The zero-order valence-corrected chi connectivity index (χ0v) is 12.5. The Balaban J connectivity index is 2.33. The maximum atomic E-state index is 12.8. The van der Waals surface area contributed by atoms with Gasteiger partial charge in [0, 0.05) is 17.2 Å². The minimum atomic E-state index is -0.504. The number of hydrogen-bond donors (Lipinski definition) is 2. The number of aromatic hydroxyl groups is 1. The van der Waals surface area contributed by atoms with Crippen LogP contribution in [0.4, 0.5) is 0 Å². The van der Waals surface area contributed by atoms with Crippen molar-refractivity contribution in [2.75, 3.05) is 14.2 Å². The van der Waals surface area contributed by atoms with Crippen molar-refractivity contribution < 1.29 is 29.3 Å². The van der Waals surface area contributed by atoms with Crippen LogP contribution in [0.5, 0.6) is 17.2 Å². The molecule has 0 aromatic heterocycles. The summed E-state index contributed by atoms with van der Waals surface area (Å²) in [5, 5.41) is 19.3. The van der Waals surface area contributed by atoms with Crippen molar-refractivity contribution >= 4 is 11.6 Å². The molecule has 0 heterocycles. The van der Waals surface area contributed by atoms with Crippen LogP contribution in [0.15, 0.2) is 24.3 Å². The summed E-state index contributed by atoms with van der Waals surface area (Å²) in [6, 6.07) is 5.65. The van der Waals surface area contributed by atoms with E-state index in [9.17, 15) is 19.8 Å². The molecule has 6 nitrogen and oxygen atoms in total. The molecule has 118 valence electrons. The topological polar surface area (TPSA) is 93.1 Å². The van der Waals surface area contributed by atoms with Gasteiger partial charge in [0.1, 0.15) is 17.2 Å². The van der Waals surface area contributed by atoms with Gasteiger partial charge in [-0.3, -0.25) is 9.59 Å². The van der Waals surface area contributed by atoms with Gasteiger partial charge in [0.2, 0.25) is 5.78 Å². The van der Waals surface area contributed by atoms with Crippen molar-refractivity contribution in [3.8, 4) is 17.2 Å². The standard InChI is InChI=1S/C17H14O6/c1-22-9-5-11-15(13(6-9)23-2)17(21)14-10(16(11)20)3-8(7-18)4-12(14)19/h3-6,18-19H,7H2,1-2H3. The zero-order chi connectivity index (χ0) is 16.7. The van der Waals surface area contributed by atoms with E-state index in [2.05, 4.69) is 0 Å². The van der Waals surface area contributed by atoms with Crippen LogP contribution in [-0.2, 0) is 6.61 Å². The second-order valence-corrected chi connectivity index (χ2v) is 5.11. The predicted molar refractivity (Wildman–Crippen MR) is 80.4 cm³/mol. The molecule has 2 aromatic carbocycles. The average molecular weight is 314 g/mol. The van der Waals surface area contributed by atoms with Crippen LogP contribution in [0.1, 0.15) is 37.4 Å². The van der Waals surface area contributed by atoms with Crippen LogP contribution in [-0.4, -0.2) is 36.0 Å². The highest BCUT2D eigenvalue weighted by Gasteiger charge is 2.35. The van der Waals surface area contributed by atoms with E-state index in [1.54, 1.807) is 0 Å². The number of phenols is 1. The monoisotopic (exact) mass is 314 g/mol. The molecule has 0 aliphatic heterocycles. The minimum Gasteiger partial charge on any atom is -0.507 e. The van der Waals surface area contributed by atoms with Gasteiger partial charge < -0.3 is 19.7 Å². The lowest BCUT2D eigenvalue weighted by atomic mass is 9.82. The molecule has 23 heavy (non-hydrogen) atoms. The number of carbonyl (C=O) groups excluding carboxylic acids is 2. The fourth-order valence-corrected chi connectivity index (χ4v) is 2.75. The Labute approximate surface area is 131 Å². The fourth-order valence-electron chi connectivity index (χ4n) is 2.75. The Morgan fingerprint density at radius 1 is 0.913 bits per heavy atom. The molecular weight excluding hydrogens is 300 g/mol. The van der Waals surface area contributed by atoms with Gasteiger partial charge in [0.05, 0.1) is 32.0 Å². The number of hydrogen-bond acceptors (Lipinski definition) is 6. The number of carbonyl (C=O) groups is 2. The highest BCUT2D eigenvalue weighted by Crippen LogP contribution is 2.39. The molecule has 0 unspecified atom stereocenters.